The Hall–Kier alpha value is -2.89. The molecule has 0 saturated heterocycles. The van der Waals surface area contributed by atoms with E-state index in [0.717, 1.165) is 42.5 Å². The fourth-order valence-corrected chi connectivity index (χ4v) is 4.21. The van der Waals surface area contributed by atoms with E-state index in [1.54, 1.807) is 6.20 Å². The molecule has 2 aromatic heterocycles. The summed E-state index contributed by atoms with van der Waals surface area (Å²) < 4.78 is 0. The maximum atomic E-state index is 12.4. The van der Waals surface area contributed by atoms with Crippen molar-refractivity contribution < 1.29 is 4.79 Å². The Kier molecular flexibility index (Phi) is 5.75. The minimum Gasteiger partial charge on any atom is -0.382 e. The highest BCUT2D eigenvalue weighted by molar-refractivity contribution is 5.94. The average molecular weight is 406 g/mol. The lowest BCUT2D eigenvalue weighted by Gasteiger charge is -2.30. The van der Waals surface area contributed by atoms with Crippen LogP contribution in [0.3, 0.4) is 0 Å². The second-order valence-electron chi connectivity index (χ2n) is 8.86. The topological polar surface area (TPSA) is 82.7 Å². The molecule has 1 aliphatic carbocycles. The van der Waals surface area contributed by atoms with Crippen LogP contribution < -0.4 is 10.6 Å². The van der Waals surface area contributed by atoms with Crippen LogP contribution in [0.2, 0.25) is 0 Å². The molecule has 1 saturated carbocycles. The lowest BCUT2D eigenvalue weighted by molar-refractivity contribution is 0.0921. The summed E-state index contributed by atoms with van der Waals surface area (Å²) in [6, 6.07) is 9.28. The van der Waals surface area contributed by atoms with E-state index in [2.05, 4.69) is 65.9 Å². The molecular formula is C24H31N5O. The number of hydrogen-bond donors (Lipinski definition) is 3. The molecule has 0 bridgehead atoms. The van der Waals surface area contributed by atoms with Crippen LogP contribution in [0, 0.1) is 13.8 Å². The van der Waals surface area contributed by atoms with Gasteiger partial charge in [0.1, 0.15) is 5.69 Å². The first-order chi connectivity index (χ1) is 14.4. The minimum absolute atomic E-state index is 0.0569. The molecule has 1 aliphatic rings. The van der Waals surface area contributed by atoms with Gasteiger partial charge in [0.25, 0.3) is 5.91 Å². The number of carbonyl (C=O) groups is 1. The number of pyridine rings is 1. The molecule has 1 fully saturated rings. The van der Waals surface area contributed by atoms with Crippen molar-refractivity contribution >= 4 is 22.5 Å². The van der Waals surface area contributed by atoms with Gasteiger partial charge in [0.15, 0.2) is 0 Å². The van der Waals surface area contributed by atoms with Crippen LogP contribution in [0.25, 0.3) is 10.9 Å². The van der Waals surface area contributed by atoms with E-state index in [-0.39, 0.29) is 11.9 Å². The highest BCUT2D eigenvalue weighted by Crippen LogP contribution is 2.30. The van der Waals surface area contributed by atoms with E-state index >= 15 is 0 Å². The molecule has 1 aromatic carbocycles. The Bertz CT molecular complexity index is 1050. The van der Waals surface area contributed by atoms with Crippen molar-refractivity contribution in [3.8, 4) is 0 Å². The number of aryl methyl sites for hydroxylation is 2. The third kappa shape index (κ3) is 4.32. The third-order valence-corrected chi connectivity index (χ3v) is 6.05. The zero-order chi connectivity index (χ0) is 21.3. The molecule has 0 radical (unpaired) electrons. The third-order valence-electron chi connectivity index (χ3n) is 6.05. The fraction of sp³-hybridized carbons (Fsp3) is 0.458. The lowest BCUT2D eigenvalue weighted by Crippen LogP contribution is -2.40. The fourth-order valence-electron chi connectivity index (χ4n) is 4.21. The molecule has 0 atom stereocenters. The highest BCUT2D eigenvalue weighted by Gasteiger charge is 2.24. The van der Waals surface area contributed by atoms with Crippen molar-refractivity contribution in [1.29, 1.82) is 0 Å². The molecule has 0 unspecified atom stereocenters. The molecule has 6 heteroatoms. The summed E-state index contributed by atoms with van der Waals surface area (Å²) >= 11 is 0. The highest BCUT2D eigenvalue weighted by atomic mass is 16.2. The predicted molar refractivity (Wildman–Crippen MR) is 121 cm³/mol. The van der Waals surface area contributed by atoms with Gasteiger partial charge in [-0.05, 0) is 69.2 Å². The van der Waals surface area contributed by atoms with Gasteiger partial charge in [0.05, 0.1) is 11.7 Å². The van der Waals surface area contributed by atoms with Gasteiger partial charge in [-0.3, -0.25) is 14.9 Å². The van der Waals surface area contributed by atoms with Crippen molar-refractivity contribution in [2.45, 2.75) is 71.4 Å². The van der Waals surface area contributed by atoms with Crippen LogP contribution in [0.4, 0.5) is 5.69 Å². The molecule has 1 amide bonds. The molecule has 3 aromatic rings. The first-order valence-electron chi connectivity index (χ1n) is 10.9. The molecule has 0 spiro atoms. The molecule has 2 heterocycles. The molecule has 30 heavy (non-hydrogen) atoms. The van der Waals surface area contributed by atoms with Crippen molar-refractivity contribution in [2.24, 2.45) is 0 Å². The van der Waals surface area contributed by atoms with Crippen molar-refractivity contribution in [1.82, 2.24) is 20.5 Å². The number of H-pyrrole nitrogens is 1. The second kappa shape index (κ2) is 8.46. The molecular weight excluding hydrogens is 374 g/mol. The van der Waals surface area contributed by atoms with E-state index in [9.17, 15) is 4.79 Å². The molecule has 158 valence electrons. The van der Waals surface area contributed by atoms with Crippen LogP contribution in [0.5, 0.6) is 0 Å². The Balaban J connectivity index is 1.44. The number of amides is 1. The number of aromatic amines is 1. The summed E-state index contributed by atoms with van der Waals surface area (Å²) in [4.78, 5) is 17.3. The predicted octanol–water partition coefficient (Wildman–Crippen LogP) is 4.85. The summed E-state index contributed by atoms with van der Waals surface area (Å²) in [5.74, 6) is 0.326. The van der Waals surface area contributed by atoms with Crippen LogP contribution in [0.15, 0.2) is 30.5 Å². The first kappa shape index (κ1) is 20.4. The quantitative estimate of drug-likeness (QED) is 0.567. The smallest absolute Gasteiger partial charge is 0.269 e. The maximum Gasteiger partial charge on any atom is 0.269 e. The molecule has 6 nitrogen and oxygen atoms in total. The van der Waals surface area contributed by atoms with Gasteiger partial charge in [0, 0.05) is 28.9 Å². The van der Waals surface area contributed by atoms with Crippen molar-refractivity contribution in [3.63, 3.8) is 0 Å². The number of nitrogens with one attached hydrogen (secondary N) is 3. The average Bonchev–Trinajstić information content (AvgIpc) is 3.15. The summed E-state index contributed by atoms with van der Waals surface area (Å²) in [5.41, 5.74) is 6.02. The Labute approximate surface area is 177 Å². The number of nitrogens with zero attached hydrogens (tertiary/aromatic N) is 2. The van der Waals surface area contributed by atoms with E-state index in [1.165, 1.54) is 16.6 Å². The summed E-state index contributed by atoms with van der Waals surface area (Å²) in [6.45, 7) is 8.38. The van der Waals surface area contributed by atoms with Gasteiger partial charge >= 0.3 is 0 Å². The maximum absolute atomic E-state index is 12.4. The number of benzene rings is 1. The molecule has 4 rings (SSSR count). The Morgan fingerprint density at radius 2 is 1.83 bits per heavy atom. The minimum atomic E-state index is -0.0569. The normalized spacial score (nSPS) is 19.2. The number of fused-ring (bicyclic) bond motifs is 1. The Morgan fingerprint density at radius 1 is 1.10 bits per heavy atom. The van der Waals surface area contributed by atoms with Crippen LogP contribution >= 0.6 is 0 Å². The Morgan fingerprint density at radius 3 is 2.50 bits per heavy atom. The van der Waals surface area contributed by atoms with Gasteiger partial charge in [0.2, 0.25) is 0 Å². The summed E-state index contributed by atoms with van der Waals surface area (Å²) in [5, 5.41) is 14.9. The molecule has 3 N–H and O–H groups in total. The van der Waals surface area contributed by atoms with Gasteiger partial charge in [-0.2, -0.15) is 5.10 Å². The molecule has 0 aliphatic heterocycles. The van der Waals surface area contributed by atoms with Gasteiger partial charge in [-0.25, -0.2) is 0 Å². The van der Waals surface area contributed by atoms with Gasteiger partial charge in [-0.1, -0.05) is 25.5 Å². The number of rotatable bonds is 5. The zero-order valence-electron chi connectivity index (χ0n) is 18.2. The largest absolute Gasteiger partial charge is 0.382 e. The number of aromatic nitrogens is 3. The van der Waals surface area contributed by atoms with Gasteiger partial charge in [-0.15, -0.1) is 0 Å². The SMILES string of the molecule is Cc1ccc2nc(C(C)C)cc(NC3CCC(NC(=O)c4[nH]ncc4C)CC3)c2c1. The van der Waals surface area contributed by atoms with Crippen LogP contribution in [-0.4, -0.2) is 33.2 Å². The van der Waals surface area contributed by atoms with Crippen LogP contribution in [-0.2, 0) is 0 Å². The van der Waals surface area contributed by atoms with E-state index in [4.69, 9.17) is 4.98 Å². The first-order valence-corrected chi connectivity index (χ1v) is 10.9. The standard InChI is InChI=1S/C24H31N5O/c1-14(2)21-12-22(19-11-15(3)5-10-20(19)28-21)26-17-6-8-18(9-7-17)27-24(30)23-16(4)13-25-29-23/h5,10-14,17-18H,6-9H2,1-4H3,(H,25,29)(H,26,28)(H,27,30). The second-order valence-corrected chi connectivity index (χ2v) is 8.86. The van der Waals surface area contributed by atoms with E-state index in [1.807, 2.05) is 6.92 Å². The van der Waals surface area contributed by atoms with Crippen molar-refractivity contribution in [3.05, 3.63) is 53.0 Å². The summed E-state index contributed by atoms with van der Waals surface area (Å²) in [6.07, 6.45) is 5.67. The lowest BCUT2D eigenvalue weighted by atomic mass is 9.90. The van der Waals surface area contributed by atoms with E-state index < -0.39 is 0 Å². The summed E-state index contributed by atoms with van der Waals surface area (Å²) in [7, 11) is 0. The number of hydrogen-bond acceptors (Lipinski definition) is 4. The van der Waals surface area contributed by atoms with Crippen LogP contribution in [0.1, 0.15) is 72.8 Å². The number of carbonyl (C=O) groups excluding carboxylic acids is 1. The van der Waals surface area contributed by atoms with E-state index in [0.29, 0.717) is 17.7 Å². The monoisotopic (exact) mass is 405 g/mol. The van der Waals surface area contributed by atoms with Gasteiger partial charge < -0.3 is 10.6 Å². The number of anilines is 1. The zero-order valence-corrected chi connectivity index (χ0v) is 18.2. The van der Waals surface area contributed by atoms with Crippen molar-refractivity contribution in [2.75, 3.05) is 5.32 Å².